The Labute approximate surface area is 163 Å². The Balaban J connectivity index is 2.03. The molecule has 0 fully saturated rings. The van der Waals surface area contributed by atoms with Gasteiger partial charge in [0.25, 0.3) is 11.1 Å². The lowest BCUT2D eigenvalue weighted by Gasteiger charge is -2.12. The minimum atomic E-state index is -0.258. The Morgan fingerprint density at radius 1 is 1.00 bits per heavy atom. The lowest BCUT2D eigenvalue weighted by molar-refractivity contribution is 0.904. The number of aromatic amines is 2. The van der Waals surface area contributed by atoms with Crippen LogP contribution in [0.25, 0.3) is 22.0 Å². The van der Waals surface area contributed by atoms with Gasteiger partial charge in [-0.05, 0) is 42.4 Å². The van der Waals surface area contributed by atoms with E-state index in [1.807, 2.05) is 36.4 Å². The number of hydrogen-bond donors (Lipinski definition) is 2. The predicted molar refractivity (Wildman–Crippen MR) is 109 cm³/mol. The second kappa shape index (κ2) is 7.06. The second-order valence-electron chi connectivity index (χ2n) is 6.01. The molecule has 0 saturated carbocycles. The van der Waals surface area contributed by atoms with Crippen molar-refractivity contribution >= 4 is 34.3 Å². The number of benzene rings is 2. The number of halogens is 1. The summed E-state index contributed by atoms with van der Waals surface area (Å²) in [6.45, 7) is 1.74. The van der Waals surface area contributed by atoms with Gasteiger partial charge in [-0.3, -0.25) is 9.59 Å². The quantitative estimate of drug-likeness (QED) is 0.504. The zero-order valence-corrected chi connectivity index (χ0v) is 15.8. The molecule has 5 nitrogen and oxygen atoms in total. The molecule has 2 aromatic carbocycles. The first-order chi connectivity index (χ1) is 13.0. The van der Waals surface area contributed by atoms with E-state index in [1.54, 1.807) is 19.1 Å². The van der Waals surface area contributed by atoms with Gasteiger partial charge in [-0.2, -0.15) is 0 Å². The van der Waals surface area contributed by atoms with Crippen LogP contribution in [0.1, 0.15) is 5.69 Å². The maximum Gasteiger partial charge on any atom is 0.263 e. The molecule has 0 aliphatic heterocycles. The van der Waals surface area contributed by atoms with Crippen LogP contribution in [0.15, 0.2) is 74.2 Å². The smallest absolute Gasteiger partial charge is 0.263 e. The molecule has 2 N–H and O–H groups in total. The molecule has 0 amide bonds. The van der Waals surface area contributed by atoms with Crippen molar-refractivity contribution in [3.8, 4) is 11.1 Å². The standard InChI is InChI=1S/C20H14ClN3O2S/c1-11-9-16(25)24-20(22-11)27-18-17(12-5-3-2-4-6-12)14-10-13(21)7-8-15(14)23-19(18)26/h2-10H,1H3,(H,23,26)(H,22,24,25). The van der Waals surface area contributed by atoms with Crippen LogP contribution in [0.2, 0.25) is 5.02 Å². The van der Waals surface area contributed by atoms with Crippen LogP contribution >= 0.6 is 23.4 Å². The summed E-state index contributed by atoms with van der Waals surface area (Å²) in [4.78, 5) is 35.0. The summed E-state index contributed by atoms with van der Waals surface area (Å²) < 4.78 is 0. The zero-order chi connectivity index (χ0) is 19.0. The number of nitrogens with one attached hydrogen (secondary N) is 2. The van der Waals surface area contributed by atoms with Gasteiger partial charge in [0.05, 0.1) is 4.90 Å². The zero-order valence-electron chi connectivity index (χ0n) is 14.2. The maximum atomic E-state index is 12.9. The number of fused-ring (bicyclic) bond motifs is 1. The Hall–Kier alpha value is -2.83. The number of rotatable bonds is 3. The van der Waals surface area contributed by atoms with Crippen molar-refractivity contribution in [3.05, 3.63) is 86.0 Å². The number of aryl methyl sites for hydroxylation is 1. The molecule has 7 heteroatoms. The van der Waals surface area contributed by atoms with Gasteiger partial charge >= 0.3 is 0 Å². The van der Waals surface area contributed by atoms with Crippen molar-refractivity contribution in [1.82, 2.24) is 15.0 Å². The Kier molecular flexibility index (Phi) is 4.59. The summed E-state index contributed by atoms with van der Waals surface area (Å²) in [7, 11) is 0. The van der Waals surface area contributed by atoms with Crippen LogP contribution in [0, 0.1) is 6.92 Å². The summed E-state index contributed by atoms with van der Waals surface area (Å²) >= 11 is 7.34. The van der Waals surface area contributed by atoms with Gasteiger partial charge in [0.1, 0.15) is 0 Å². The SMILES string of the molecule is Cc1cc(=O)[nH]c(Sc2c(-c3ccccc3)c3cc(Cl)ccc3[nH]c2=O)n1. The van der Waals surface area contributed by atoms with Crippen molar-refractivity contribution in [2.24, 2.45) is 0 Å². The molecular weight excluding hydrogens is 382 g/mol. The fraction of sp³-hybridized carbons (Fsp3) is 0.0500. The molecular formula is C20H14ClN3O2S. The van der Waals surface area contributed by atoms with Crippen LogP contribution in [0.4, 0.5) is 0 Å². The van der Waals surface area contributed by atoms with Gasteiger partial charge in [0.2, 0.25) is 0 Å². The van der Waals surface area contributed by atoms with Crippen molar-refractivity contribution < 1.29 is 0 Å². The number of H-pyrrole nitrogens is 2. The summed E-state index contributed by atoms with van der Waals surface area (Å²) in [5.74, 6) is 0. The van der Waals surface area contributed by atoms with E-state index in [0.29, 0.717) is 26.3 Å². The minimum Gasteiger partial charge on any atom is -0.321 e. The highest BCUT2D eigenvalue weighted by Gasteiger charge is 2.17. The predicted octanol–water partition coefficient (Wildman–Crippen LogP) is 4.39. The largest absolute Gasteiger partial charge is 0.321 e. The Morgan fingerprint density at radius 3 is 2.52 bits per heavy atom. The lowest BCUT2D eigenvalue weighted by atomic mass is 10.0. The van der Waals surface area contributed by atoms with E-state index in [0.717, 1.165) is 28.3 Å². The molecule has 2 heterocycles. The molecule has 0 saturated heterocycles. The number of pyridine rings is 1. The monoisotopic (exact) mass is 395 g/mol. The number of hydrogen-bond acceptors (Lipinski definition) is 4. The van der Waals surface area contributed by atoms with E-state index in [-0.39, 0.29) is 11.1 Å². The summed E-state index contributed by atoms with van der Waals surface area (Å²) in [6, 6.07) is 16.4. The van der Waals surface area contributed by atoms with E-state index in [4.69, 9.17) is 11.6 Å². The van der Waals surface area contributed by atoms with E-state index >= 15 is 0 Å². The lowest BCUT2D eigenvalue weighted by Crippen LogP contribution is -2.13. The highest BCUT2D eigenvalue weighted by Crippen LogP contribution is 2.37. The van der Waals surface area contributed by atoms with E-state index in [2.05, 4.69) is 15.0 Å². The van der Waals surface area contributed by atoms with Gasteiger partial charge in [-0.25, -0.2) is 4.98 Å². The first-order valence-corrected chi connectivity index (χ1v) is 9.37. The summed E-state index contributed by atoms with van der Waals surface area (Å²) in [6.07, 6.45) is 0. The van der Waals surface area contributed by atoms with Gasteiger partial charge in [0, 0.05) is 33.2 Å². The van der Waals surface area contributed by atoms with Crippen molar-refractivity contribution in [2.45, 2.75) is 17.0 Å². The van der Waals surface area contributed by atoms with Crippen LogP contribution in [-0.2, 0) is 0 Å². The highest BCUT2D eigenvalue weighted by molar-refractivity contribution is 7.99. The molecule has 0 atom stereocenters. The fourth-order valence-electron chi connectivity index (χ4n) is 2.93. The van der Waals surface area contributed by atoms with E-state index in [1.165, 1.54) is 6.07 Å². The normalized spacial score (nSPS) is 11.0. The van der Waals surface area contributed by atoms with Crippen molar-refractivity contribution in [2.75, 3.05) is 0 Å². The van der Waals surface area contributed by atoms with Crippen LogP contribution < -0.4 is 11.1 Å². The number of aromatic nitrogens is 3. The van der Waals surface area contributed by atoms with Crippen molar-refractivity contribution in [1.29, 1.82) is 0 Å². The summed E-state index contributed by atoms with van der Waals surface area (Å²) in [5.41, 5.74) is 2.41. The third kappa shape index (κ3) is 3.54. The second-order valence-corrected chi connectivity index (χ2v) is 7.44. The molecule has 134 valence electrons. The molecule has 0 spiro atoms. The van der Waals surface area contributed by atoms with Crippen molar-refractivity contribution in [3.63, 3.8) is 0 Å². The molecule has 0 aliphatic rings. The first-order valence-electron chi connectivity index (χ1n) is 8.18. The molecule has 27 heavy (non-hydrogen) atoms. The minimum absolute atomic E-state index is 0.252. The van der Waals surface area contributed by atoms with E-state index < -0.39 is 0 Å². The number of nitrogens with zero attached hydrogens (tertiary/aromatic N) is 1. The Bertz CT molecular complexity index is 1270. The molecule has 0 aliphatic carbocycles. The van der Waals surface area contributed by atoms with Gasteiger partial charge in [0.15, 0.2) is 5.16 Å². The first kappa shape index (κ1) is 17.6. The molecule has 4 aromatic rings. The van der Waals surface area contributed by atoms with Gasteiger partial charge in [-0.1, -0.05) is 41.9 Å². The molecule has 0 bridgehead atoms. The molecule has 0 unspecified atom stereocenters. The highest BCUT2D eigenvalue weighted by atomic mass is 35.5. The van der Waals surface area contributed by atoms with Crippen LogP contribution in [0.3, 0.4) is 0 Å². The average molecular weight is 396 g/mol. The Morgan fingerprint density at radius 2 is 1.78 bits per heavy atom. The third-order valence-corrected chi connectivity index (χ3v) is 5.26. The molecule has 0 radical (unpaired) electrons. The van der Waals surface area contributed by atoms with Crippen LogP contribution in [-0.4, -0.2) is 15.0 Å². The van der Waals surface area contributed by atoms with Crippen LogP contribution in [0.5, 0.6) is 0 Å². The average Bonchev–Trinajstić information content (AvgIpc) is 2.63. The molecule has 2 aromatic heterocycles. The fourth-order valence-corrected chi connectivity index (χ4v) is 4.11. The van der Waals surface area contributed by atoms with Gasteiger partial charge in [-0.15, -0.1) is 0 Å². The van der Waals surface area contributed by atoms with Gasteiger partial charge < -0.3 is 9.97 Å². The van der Waals surface area contributed by atoms with E-state index in [9.17, 15) is 9.59 Å². The summed E-state index contributed by atoms with van der Waals surface area (Å²) in [5, 5.41) is 1.76. The molecule has 4 rings (SSSR count). The third-order valence-electron chi connectivity index (χ3n) is 4.04. The maximum absolute atomic E-state index is 12.9. The topological polar surface area (TPSA) is 78.6 Å².